The first-order chi connectivity index (χ1) is 7.86. The number of aliphatic carboxylic acids is 2. The van der Waals surface area contributed by atoms with Gasteiger partial charge in [-0.3, -0.25) is 9.59 Å². The van der Waals surface area contributed by atoms with E-state index < -0.39 is 23.3 Å². The fourth-order valence-electron chi connectivity index (χ4n) is 3.56. The Kier molecular flexibility index (Phi) is 4.17. The summed E-state index contributed by atoms with van der Waals surface area (Å²) in [5.74, 6) is -2.38. The highest BCUT2D eigenvalue weighted by Crippen LogP contribution is 2.50. The monoisotopic (exact) mass is 242 g/mol. The Bertz CT molecular complexity index is 311. The molecule has 1 aliphatic carbocycles. The molecule has 3 unspecified atom stereocenters. The third-order valence-electron chi connectivity index (χ3n) is 4.30. The molecule has 0 spiro atoms. The summed E-state index contributed by atoms with van der Waals surface area (Å²) in [4.78, 5) is 22.9. The van der Waals surface area contributed by atoms with Gasteiger partial charge in [-0.05, 0) is 31.1 Å². The van der Waals surface area contributed by atoms with Crippen LogP contribution in [0.25, 0.3) is 0 Å². The quantitative estimate of drug-likeness (QED) is 0.794. The zero-order chi connectivity index (χ0) is 13.2. The summed E-state index contributed by atoms with van der Waals surface area (Å²) in [6.45, 7) is 5.71. The Morgan fingerprint density at radius 2 is 1.94 bits per heavy atom. The van der Waals surface area contributed by atoms with Crippen LogP contribution < -0.4 is 0 Å². The molecule has 1 saturated carbocycles. The molecule has 0 heterocycles. The summed E-state index contributed by atoms with van der Waals surface area (Å²) < 4.78 is 0. The molecule has 4 heteroatoms. The lowest BCUT2D eigenvalue weighted by molar-refractivity contribution is -0.166. The van der Waals surface area contributed by atoms with Gasteiger partial charge in [0.05, 0.1) is 11.3 Å². The lowest BCUT2D eigenvalue weighted by atomic mass is 9.57. The average molecular weight is 242 g/mol. The van der Waals surface area contributed by atoms with Crippen molar-refractivity contribution in [1.82, 2.24) is 0 Å². The second kappa shape index (κ2) is 5.07. The van der Waals surface area contributed by atoms with Gasteiger partial charge < -0.3 is 10.2 Å². The predicted octanol–water partition coefficient (Wildman–Crippen LogP) is 2.62. The predicted molar refractivity (Wildman–Crippen MR) is 63.7 cm³/mol. The molecule has 98 valence electrons. The Balaban J connectivity index is 3.18. The van der Waals surface area contributed by atoms with E-state index in [1.807, 2.05) is 20.8 Å². The van der Waals surface area contributed by atoms with Crippen molar-refractivity contribution in [3.63, 3.8) is 0 Å². The number of carboxylic acid groups (broad SMARTS) is 2. The highest BCUT2D eigenvalue weighted by Gasteiger charge is 2.52. The normalized spacial score (nSPS) is 33.6. The Morgan fingerprint density at radius 3 is 2.29 bits per heavy atom. The molecule has 0 radical (unpaired) electrons. The Morgan fingerprint density at radius 1 is 1.35 bits per heavy atom. The largest absolute Gasteiger partial charge is 0.481 e. The molecule has 0 saturated heterocycles. The first-order valence-corrected chi connectivity index (χ1v) is 6.33. The lowest BCUT2D eigenvalue weighted by Gasteiger charge is -2.45. The molecule has 17 heavy (non-hydrogen) atoms. The van der Waals surface area contributed by atoms with E-state index in [0.717, 1.165) is 0 Å². The van der Waals surface area contributed by atoms with Crippen molar-refractivity contribution < 1.29 is 19.8 Å². The summed E-state index contributed by atoms with van der Waals surface area (Å²) in [5, 5.41) is 18.8. The van der Waals surface area contributed by atoms with Crippen molar-refractivity contribution >= 4 is 11.9 Å². The van der Waals surface area contributed by atoms with Crippen LogP contribution in [0.4, 0.5) is 0 Å². The summed E-state index contributed by atoms with van der Waals surface area (Å²) in [7, 11) is 0. The third kappa shape index (κ3) is 2.31. The van der Waals surface area contributed by atoms with Crippen LogP contribution in [-0.2, 0) is 9.59 Å². The molecule has 0 bridgehead atoms. The van der Waals surface area contributed by atoms with Crippen LogP contribution >= 0.6 is 0 Å². The standard InChI is InChI=1S/C13H22O4/c1-4-13(12(16)17)7-5-6-9(11(14)15)10(13)8(2)3/h8-10H,4-7H2,1-3H3,(H,14,15)(H,16,17). The first-order valence-electron chi connectivity index (χ1n) is 6.33. The van der Waals surface area contributed by atoms with Gasteiger partial charge in [0.1, 0.15) is 0 Å². The molecule has 0 aromatic carbocycles. The number of carbonyl (C=O) groups is 2. The van der Waals surface area contributed by atoms with Crippen molar-refractivity contribution in [2.24, 2.45) is 23.2 Å². The maximum absolute atomic E-state index is 11.6. The lowest BCUT2D eigenvalue weighted by Crippen LogP contribution is -2.49. The highest BCUT2D eigenvalue weighted by atomic mass is 16.4. The Labute approximate surface area is 102 Å². The first kappa shape index (κ1) is 14.0. The van der Waals surface area contributed by atoms with Crippen LogP contribution in [0.2, 0.25) is 0 Å². The van der Waals surface area contributed by atoms with Crippen LogP contribution in [0.5, 0.6) is 0 Å². The van der Waals surface area contributed by atoms with Crippen LogP contribution in [0, 0.1) is 23.2 Å². The van der Waals surface area contributed by atoms with Crippen LogP contribution in [-0.4, -0.2) is 22.2 Å². The number of hydrogen-bond acceptors (Lipinski definition) is 2. The van der Waals surface area contributed by atoms with Crippen molar-refractivity contribution in [2.75, 3.05) is 0 Å². The minimum Gasteiger partial charge on any atom is -0.481 e. The fourth-order valence-corrected chi connectivity index (χ4v) is 3.56. The summed E-state index contributed by atoms with van der Waals surface area (Å²) in [6, 6.07) is 0. The van der Waals surface area contributed by atoms with E-state index in [2.05, 4.69) is 0 Å². The molecular weight excluding hydrogens is 220 g/mol. The van der Waals surface area contributed by atoms with E-state index in [1.54, 1.807) is 0 Å². The van der Waals surface area contributed by atoms with Gasteiger partial charge in [-0.1, -0.05) is 27.2 Å². The van der Waals surface area contributed by atoms with E-state index >= 15 is 0 Å². The number of carboxylic acids is 2. The summed E-state index contributed by atoms with van der Waals surface area (Å²) >= 11 is 0. The maximum Gasteiger partial charge on any atom is 0.309 e. The van der Waals surface area contributed by atoms with Gasteiger partial charge in [0, 0.05) is 0 Å². The molecule has 0 aromatic heterocycles. The van der Waals surface area contributed by atoms with E-state index in [4.69, 9.17) is 0 Å². The molecule has 1 aliphatic rings. The fraction of sp³-hybridized carbons (Fsp3) is 0.846. The zero-order valence-electron chi connectivity index (χ0n) is 10.8. The van der Waals surface area contributed by atoms with E-state index in [-0.39, 0.29) is 11.8 Å². The second-order valence-electron chi connectivity index (χ2n) is 5.42. The van der Waals surface area contributed by atoms with Crippen LogP contribution in [0.3, 0.4) is 0 Å². The molecule has 2 N–H and O–H groups in total. The molecule has 0 aromatic rings. The van der Waals surface area contributed by atoms with Crippen LogP contribution in [0.1, 0.15) is 46.5 Å². The van der Waals surface area contributed by atoms with E-state index in [9.17, 15) is 19.8 Å². The highest BCUT2D eigenvalue weighted by molar-refractivity contribution is 5.78. The topological polar surface area (TPSA) is 74.6 Å². The smallest absolute Gasteiger partial charge is 0.309 e. The van der Waals surface area contributed by atoms with Gasteiger partial charge in [0.2, 0.25) is 0 Å². The van der Waals surface area contributed by atoms with Gasteiger partial charge in [-0.15, -0.1) is 0 Å². The molecule has 0 aliphatic heterocycles. The van der Waals surface area contributed by atoms with Gasteiger partial charge in [0.25, 0.3) is 0 Å². The van der Waals surface area contributed by atoms with Crippen molar-refractivity contribution in [3.05, 3.63) is 0 Å². The number of hydrogen-bond donors (Lipinski definition) is 2. The molecule has 0 amide bonds. The molecular formula is C13H22O4. The molecule has 3 atom stereocenters. The van der Waals surface area contributed by atoms with Crippen molar-refractivity contribution in [2.45, 2.75) is 46.5 Å². The SMILES string of the molecule is CCC1(C(=O)O)CCCC(C(=O)O)C1C(C)C. The average Bonchev–Trinajstić information content (AvgIpc) is 2.27. The minimum absolute atomic E-state index is 0.0763. The van der Waals surface area contributed by atoms with Gasteiger partial charge in [-0.25, -0.2) is 0 Å². The molecule has 1 rings (SSSR count). The van der Waals surface area contributed by atoms with E-state index in [1.165, 1.54) is 0 Å². The second-order valence-corrected chi connectivity index (χ2v) is 5.42. The molecule has 1 fully saturated rings. The number of rotatable bonds is 4. The van der Waals surface area contributed by atoms with Gasteiger partial charge >= 0.3 is 11.9 Å². The summed E-state index contributed by atoms with van der Waals surface area (Å²) in [6.07, 6.45) is 2.41. The van der Waals surface area contributed by atoms with Crippen molar-refractivity contribution in [1.29, 1.82) is 0 Å². The van der Waals surface area contributed by atoms with Gasteiger partial charge in [-0.2, -0.15) is 0 Å². The summed E-state index contributed by atoms with van der Waals surface area (Å²) in [5.41, 5.74) is -0.852. The van der Waals surface area contributed by atoms with Crippen molar-refractivity contribution in [3.8, 4) is 0 Å². The zero-order valence-corrected chi connectivity index (χ0v) is 10.8. The Hall–Kier alpha value is -1.06. The third-order valence-corrected chi connectivity index (χ3v) is 4.30. The molecule has 4 nitrogen and oxygen atoms in total. The van der Waals surface area contributed by atoms with E-state index in [0.29, 0.717) is 25.7 Å². The van der Waals surface area contributed by atoms with Crippen LogP contribution in [0.15, 0.2) is 0 Å². The maximum atomic E-state index is 11.6. The van der Waals surface area contributed by atoms with Gasteiger partial charge in [0.15, 0.2) is 0 Å². The minimum atomic E-state index is -0.852.